The molecule has 0 amide bonds. The van der Waals surface area contributed by atoms with Crippen molar-refractivity contribution < 1.29 is 4.42 Å². The van der Waals surface area contributed by atoms with Crippen molar-refractivity contribution in [2.75, 3.05) is 4.90 Å². The number of para-hydroxylation sites is 1. The molecule has 8 aromatic carbocycles. The monoisotopic (exact) mass is 667 g/mol. The molecule has 2 aliphatic carbocycles. The van der Waals surface area contributed by atoms with Crippen LogP contribution in [0, 0.1) is 0 Å². The van der Waals surface area contributed by atoms with Gasteiger partial charge in [-0.15, -0.1) is 0 Å². The molecule has 2 heteroatoms. The second kappa shape index (κ2) is 10.2. The van der Waals surface area contributed by atoms with E-state index >= 15 is 0 Å². The van der Waals surface area contributed by atoms with Crippen molar-refractivity contribution in [3.63, 3.8) is 0 Å². The van der Waals surface area contributed by atoms with E-state index in [-0.39, 0.29) is 10.8 Å². The third-order valence-electron chi connectivity index (χ3n) is 12.1. The number of nitrogens with zero attached hydrogens (tertiary/aromatic N) is 1. The number of hydrogen-bond acceptors (Lipinski definition) is 2. The van der Waals surface area contributed by atoms with Gasteiger partial charge in [-0.25, -0.2) is 0 Å². The predicted molar refractivity (Wildman–Crippen MR) is 219 cm³/mol. The summed E-state index contributed by atoms with van der Waals surface area (Å²) in [5.41, 5.74) is 15.7. The molecule has 0 unspecified atom stereocenters. The van der Waals surface area contributed by atoms with Gasteiger partial charge in [0.1, 0.15) is 11.2 Å². The van der Waals surface area contributed by atoms with Gasteiger partial charge in [0.2, 0.25) is 0 Å². The average molecular weight is 668 g/mol. The minimum absolute atomic E-state index is 0.183. The van der Waals surface area contributed by atoms with E-state index in [1.165, 1.54) is 77.4 Å². The summed E-state index contributed by atoms with van der Waals surface area (Å²) in [6.07, 6.45) is 0. The van der Waals surface area contributed by atoms with E-state index in [2.05, 4.69) is 178 Å². The maximum absolute atomic E-state index is 6.39. The van der Waals surface area contributed by atoms with E-state index in [0.29, 0.717) is 0 Å². The lowest BCUT2D eigenvalue weighted by Crippen LogP contribution is -2.18. The smallest absolute Gasteiger partial charge is 0.135 e. The normalized spacial score (nSPS) is 14.8. The molecule has 0 N–H and O–H groups in total. The number of benzene rings is 8. The number of anilines is 3. The van der Waals surface area contributed by atoms with Crippen LogP contribution >= 0.6 is 0 Å². The lowest BCUT2D eigenvalue weighted by atomic mass is 9.79. The van der Waals surface area contributed by atoms with Crippen molar-refractivity contribution in [2.24, 2.45) is 0 Å². The summed E-state index contributed by atoms with van der Waals surface area (Å²) >= 11 is 0. The highest BCUT2D eigenvalue weighted by atomic mass is 16.3. The lowest BCUT2D eigenvalue weighted by molar-refractivity contribution is 0.666. The van der Waals surface area contributed by atoms with Crippen LogP contribution in [0.25, 0.3) is 65.7 Å². The van der Waals surface area contributed by atoms with Gasteiger partial charge >= 0.3 is 0 Å². The topological polar surface area (TPSA) is 16.4 Å². The minimum atomic E-state index is -0.183. The molecule has 1 aromatic heterocycles. The fourth-order valence-corrected chi connectivity index (χ4v) is 9.88. The Morgan fingerprint density at radius 1 is 0.423 bits per heavy atom. The largest absolute Gasteiger partial charge is 0.456 e. The van der Waals surface area contributed by atoms with Crippen LogP contribution in [0.1, 0.15) is 49.9 Å². The molecule has 52 heavy (non-hydrogen) atoms. The molecule has 2 aliphatic rings. The molecular weight excluding hydrogens is 631 g/mol. The van der Waals surface area contributed by atoms with Crippen LogP contribution in [-0.4, -0.2) is 0 Å². The Morgan fingerprint density at radius 2 is 0.885 bits per heavy atom. The fraction of sp³-hybridized carbons (Fsp3) is 0.120. The highest BCUT2D eigenvalue weighted by Gasteiger charge is 2.42. The van der Waals surface area contributed by atoms with Gasteiger partial charge in [-0.2, -0.15) is 0 Å². The fourth-order valence-electron chi connectivity index (χ4n) is 9.88. The SMILES string of the molecule is CC1(C)c2ccccc2-c2c(N(c3ccc4oc5ccccc5c4c3)c3cc4ccccc4c4c3-c3ccccc3C4(C)C)cc3ccccc3c21. The Balaban J connectivity index is 1.34. The maximum Gasteiger partial charge on any atom is 0.135 e. The molecule has 0 atom stereocenters. The molecule has 0 spiro atoms. The zero-order valence-corrected chi connectivity index (χ0v) is 29.8. The van der Waals surface area contributed by atoms with Gasteiger partial charge in [0, 0.05) is 38.4 Å². The third kappa shape index (κ3) is 3.79. The molecule has 0 aliphatic heterocycles. The molecule has 1 heterocycles. The van der Waals surface area contributed by atoms with Crippen LogP contribution in [0.4, 0.5) is 17.1 Å². The van der Waals surface area contributed by atoms with E-state index in [4.69, 9.17) is 4.42 Å². The minimum Gasteiger partial charge on any atom is -0.456 e. The first-order valence-electron chi connectivity index (χ1n) is 18.4. The third-order valence-corrected chi connectivity index (χ3v) is 12.1. The van der Waals surface area contributed by atoms with Crippen molar-refractivity contribution in [1.29, 1.82) is 0 Å². The highest BCUT2D eigenvalue weighted by molar-refractivity contribution is 6.12. The van der Waals surface area contributed by atoms with Crippen LogP contribution in [0.3, 0.4) is 0 Å². The Hall–Kier alpha value is -6.12. The summed E-state index contributed by atoms with van der Waals surface area (Å²) in [6.45, 7) is 9.59. The summed E-state index contributed by atoms with van der Waals surface area (Å²) < 4.78 is 6.39. The Bertz CT molecular complexity index is 2830. The second-order valence-electron chi connectivity index (χ2n) is 15.7. The van der Waals surface area contributed by atoms with E-state index < -0.39 is 0 Å². The summed E-state index contributed by atoms with van der Waals surface area (Å²) in [5.74, 6) is 0. The summed E-state index contributed by atoms with van der Waals surface area (Å²) in [4.78, 5) is 2.58. The van der Waals surface area contributed by atoms with Crippen LogP contribution < -0.4 is 4.90 Å². The van der Waals surface area contributed by atoms with Crippen LogP contribution in [-0.2, 0) is 10.8 Å². The van der Waals surface area contributed by atoms with E-state index in [1.54, 1.807) is 0 Å². The Labute approximate surface area is 303 Å². The van der Waals surface area contributed by atoms with Crippen molar-refractivity contribution in [3.8, 4) is 22.3 Å². The van der Waals surface area contributed by atoms with Crippen molar-refractivity contribution in [1.82, 2.24) is 0 Å². The molecule has 2 nitrogen and oxygen atoms in total. The molecule has 0 fully saturated rings. The number of furan rings is 1. The molecule has 248 valence electrons. The molecule has 0 saturated carbocycles. The number of fused-ring (bicyclic) bond motifs is 13. The van der Waals surface area contributed by atoms with Crippen LogP contribution in [0.15, 0.2) is 156 Å². The molecule has 0 radical (unpaired) electrons. The first kappa shape index (κ1) is 29.6. The van der Waals surface area contributed by atoms with Gasteiger partial charge < -0.3 is 9.32 Å². The molecule has 0 saturated heterocycles. The number of hydrogen-bond donors (Lipinski definition) is 0. The van der Waals surface area contributed by atoms with Gasteiger partial charge in [-0.1, -0.05) is 143 Å². The quantitative estimate of drug-likeness (QED) is 0.186. The zero-order chi connectivity index (χ0) is 34.9. The Kier molecular flexibility index (Phi) is 5.83. The average Bonchev–Trinajstić information content (AvgIpc) is 3.75. The molecule has 0 bridgehead atoms. The first-order chi connectivity index (χ1) is 25.3. The van der Waals surface area contributed by atoms with E-state index in [1.807, 2.05) is 6.07 Å². The number of rotatable bonds is 3. The lowest BCUT2D eigenvalue weighted by Gasteiger charge is -2.32. The molecule has 9 aromatic rings. The first-order valence-corrected chi connectivity index (χ1v) is 18.4. The van der Waals surface area contributed by atoms with Crippen molar-refractivity contribution in [3.05, 3.63) is 174 Å². The van der Waals surface area contributed by atoms with Crippen LogP contribution in [0.5, 0.6) is 0 Å². The van der Waals surface area contributed by atoms with Crippen molar-refractivity contribution in [2.45, 2.75) is 38.5 Å². The summed E-state index contributed by atoms with van der Waals surface area (Å²) in [5, 5.41) is 7.37. The highest BCUT2D eigenvalue weighted by Crippen LogP contribution is 2.60. The van der Waals surface area contributed by atoms with Crippen LogP contribution in [0.2, 0.25) is 0 Å². The maximum atomic E-state index is 6.39. The van der Waals surface area contributed by atoms with Gasteiger partial charge in [-0.3, -0.25) is 0 Å². The van der Waals surface area contributed by atoms with Gasteiger partial charge in [0.25, 0.3) is 0 Å². The van der Waals surface area contributed by atoms with Gasteiger partial charge in [0.15, 0.2) is 0 Å². The molecular formula is C50H37NO. The standard InChI is InChI=1S/C50H37NO/c1-49(2)39-22-12-9-20-36(39)45-41(27-30-15-5-7-17-33(30)47(45)49)51(32-25-26-44-38(29-32)35-19-11-14-24-43(35)52-44)42-28-31-16-6-8-18-34(31)48-46(42)37-21-10-13-23-40(37)50(48,3)4/h5-29H,1-4H3. The summed E-state index contributed by atoms with van der Waals surface area (Å²) in [7, 11) is 0. The van der Waals surface area contributed by atoms with E-state index in [0.717, 1.165) is 27.6 Å². The Morgan fingerprint density at radius 3 is 1.46 bits per heavy atom. The van der Waals surface area contributed by atoms with Crippen molar-refractivity contribution >= 4 is 60.5 Å². The van der Waals surface area contributed by atoms with Gasteiger partial charge in [0.05, 0.1) is 11.4 Å². The summed E-state index contributed by atoms with van der Waals surface area (Å²) in [6, 6.07) is 56.1. The zero-order valence-electron chi connectivity index (χ0n) is 29.8. The van der Waals surface area contributed by atoms with Gasteiger partial charge in [-0.05, 0) is 91.3 Å². The second-order valence-corrected chi connectivity index (χ2v) is 15.7. The van der Waals surface area contributed by atoms with E-state index in [9.17, 15) is 0 Å². The predicted octanol–water partition coefficient (Wildman–Crippen LogP) is 14.0. The molecule has 11 rings (SSSR count).